The van der Waals surface area contributed by atoms with Gasteiger partial charge in [0.25, 0.3) is 0 Å². The molecule has 0 N–H and O–H groups in total. The highest BCUT2D eigenvalue weighted by molar-refractivity contribution is 5.73. The summed E-state index contributed by atoms with van der Waals surface area (Å²) in [5.41, 5.74) is -0.323. The lowest BCUT2D eigenvalue weighted by Gasteiger charge is -2.32. The van der Waals surface area contributed by atoms with E-state index in [1.165, 1.54) is 0 Å². The summed E-state index contributed by atoms with van der Waals surface area (Å²) >= 11 is 0. The maximum Gasteiger partial charge on any atom is 0.309 e. The second-order valence-corrected chi connectivity index (χ2v) is 5.60. The van der Waals surface area contributed by atoms with Gasteiger partial charge in [-0.2, -0.15) is 0 Å². The average molecular weight is 214 g/mol. The zero-order chi connectivity index (χ0) is 12.3. The Hall–Kier alpha value is -0.530. The first-order valence-electron chi connectivity index (χ1n) is 5.89. The number of carbonyl (C=O) groups excluding carboxylic acids is 1. The highest BCUT2D eigenvalue weighted by Gasteiger charge is 2.33. The quantitative estimate of drug-likeness (QED) is 0.651. The summed E-state index contributed by atoms with van der Waals surface area (Å²) in [7, 11) is 0. The Balaban J connectivity index is 4.47. The summed E-state index contributed by atoms with van der Waals surface area (Å²) in [5, 5.41) is 0. The molecule has 0 aliphatic heterocycles. The molecule has 0 rings (SSSR count). The number of esters is 1. The van der Waals surface area contributed by atoms with Gasteiger partial charge in [-0.1, -0.05) is 41.0 Å². The first-order chi connectivity index (χ1) is 6.66. The van der Waals surface area contributed by atoms with Gasteiger partial charge in [-0.3, -0.25) is 4.79 Å². The molecule has 0 fully saturated rings. The van der Waals surface area contributed by atoms with Crippen molar-refractivity contribution in [3.63, 3.8) is 0 Å². The van der Waals surface area contributed by atoms with Crippen LogP contribution in [0.2, 0.25) is 0 Å². The van der Waals surface area contributed by atoms with E-state index in [4.69, 9.17) is 4.74 Å². The third kappa shape index (κ3) is 4.23. The maximum absolute atomic E-state index is 11.9. The van der Waals surface area contributed by atoms with E-state index < -0.39 is 0 Å². The van der Waals surface area contributed by atoms with E-state index in [1.54, 1.807) is 0 Å². The molecule has 0 aromatic rings. The van der Waals surface area contributed by atoms with Crippen molar-refractivity contribution in [3.05, 3.63) is 0 Å². The average Bonchev–Trinajstić information content (AvgIpc) is 2.16. The lowest BCUT2D eigenvalue weighted by molar-refractivity contribution is -0.165. The maximum atomic E-state index is 11.9. The predicted molar refractivity (Wildman–Crippen MR) is 63.7 cm³/mol. The molecule has 0 aromatic heterocycles. The van der Waals surface area contributed by atoms with E-state index in [9.17, 15) is 4.79 Å². The van der Waals surface area contributed by atoms with Crippen LogP contribution in [0.1, 0.15) is 61.3 Å². The summed E-state index contributed by atoms with van der Waals surface area (Å²) in [6.45, 7) is 14.2. The fourth-order valence-corrected chi connectivity index (χ4v) is 1.06. The van der Waals surface area contributed by atoms with Gasteiger partial charge in [-0.25, -0.2) is 0 Å². The lowest BCUT2D eigenvalue weighted by Crippen LogP contribution is -2.35. The molecule has 0 amide bonds. The van der Waals surface area contributed by atoms with Crippen LogP contribution in [-0.4, -0.2) is 11.6 Å². The van der Waals surface area contributed by atoms with Crippen LogP contribution in [0.5, 0.6) is 0 Å². The van der Waals surface area contributed by atoms with Gasteiger partial charge in [0.2, 0.25) is 0 Å². The minimum Gasteiger partial charge on any atom is -0.459 e. The Morgan fingerprint density at radius 1 is 1.13 bits per heavy atom. The third-order valence-corrected chi connectivity index (χ3v) is 3.67. The van der Waals surface area contributed by atoms with E-state index in [0.717, 1.165) is 12.8 Å². The monoisotopic (exact) mass is 214 g/mol. The molecule has 0 bridgehead atoms. The molecule has 0 unspecified atom stereocenters. The standard InChI is InChI=1S/C13H26O2/c1-8-12(4,5)10(3)11(14)15-13(6,7)9-2/h10H,8-9H2,1-7H3/t10-/m1/s1. The highest BCUT2D eigenvalue weighted by atomic mass is 16.6. The smallest absolute Gasteiger partial charge is 0.309 e. The van der Waals surface area contributed by atoms with Crippen LogP contribution in [0.25, 0.3) is 0 Å². The van der Waals surface area contributed by atoms with Crippen LogP contribution in [0.3, 0.4) is 0 Å². The Morgan fingerprint density at radius 2 is 1.60 bits per heavy atom. The largest absolute Gasteiger partial charge is 0.459 e. The molecule has 0 spiro atoms. The first-order valence-corrected chi connectivity index (χ1v) is 5.89. The summed E-state index contributed by atoms with van der Waals surface area (Å²) in [4.78, 5) is 11.9. The van der Waals surface area contributed by atoms with Gasteiger partial charge in [0, 0.05) is 0 Å². The van der Waals surface area contributed by atoms with E-state index in [2.05, 4.69) is 20.8 Å². The predicted octanol–water partition coefficient (Wildman–Crippen LogP) is 3.79. The topological polar surface area (TPSA) is 26.3 Å². The van der Waals surface area contributed by atoms with Gasteiger partial charge in [-0.05, 0) is 25.7 Å². The van der Waals surface area contributed by atoms with Gasteiger partial charge in [-0.15, -0.1) is 0 Å². The molecule has 2 heteroatoms. The molecule has 15 heavy (non-hydrogen) atoms. The molecule has 2 nitrogen and oxygen atoms in total. The van der Waals surface area contributed by atoms with Crippen LogP contribution in [0, 0.1) is 11.3 Å². The van der Waals surface area contributed by atoms with Crippen molar-refractivity contribution < 1.29 is 9.53 Å². The molecule has 0 radical (unpaired) electrons. The van der Waals surface area contributed by atoms with Crippen LogP contribution in [0.4, 0.5) is 0 Å². The van der Waals surface area contributed by atoms with E-state index >= 15 is 0 Å². The summed E-state index contributed by atoms with van der Waals surface area (Å²) in [6.07, 6.45) is 1.83. The molecule has 0 aliphatic carbocycles. The van der Waals surface area contributed by atoms with Gasteiger partial charge in [0.1, 0.15) is 5.60 Å². The van der Waals surface area contributed by atoms with Gasteiger partial charge in [0.15, 0.2) is 0 Å². The summed E-state index contributed by atoms with van der Waals surface area (Å²) < 4.78 is 5.50. The number of carbonyl (C=O) groups is 1. The van der Waals surface area contributed by atoms with Crippen molar-refractivity contribution in [2.24, 2.45) is 11.3 Å². The molecular weight excluding hydrogens is 188 g/mol. The van der Waals surface area contributed by atoms with Crippen molar-refractivity contribution in [2.75, 3.05) is 0 Å². The highest BCUT2D eigenvalue weighted by Crippen LogP contribution is 2.32. The zero-order valence-corrected chi connectivity index (χ0v) is 11.3. The van der Waals surface area contributed by atoms with Crippen molar-refractivity contribution >= 4 is 5.97 Å². The number of ether oxygens (including phenoxy) is 1. The van der Waals surface area contributed by atoms with Crippen molar-refractivity contribution in [2.45, 2.75) is 66.9 Å². The molecular formula is C13H26O2. The van der Waals surface area contributed by atoms with Gasteiger partial charge >= 0.3 is 5.97 Å². The van der Waals surface area contributed by atoms with E-state index in [0.29, 0.717) is 0 Å². The SMILES string of the molecule is CCC(C)(C)OC(=O)[C@@H](C)C(C)(C)CC. The molecule has 0 aliphatic rings. The summed E-state index contributed by atoms with van der Waals surface area (Å²) in [6, 6.07) is 0. The van der Waals surface area contributed by atoms with Crippen LogP contribution in [0.15, 0.2) is 0 Å². The molecule has 0 saturated carbocycles. The third-order valence-electron chi connectivity index (χ3n) is 3.67. The number of hydrogen-bond donors (Lipinski definition) is 0. The Labute approximate surface area is 94.4 Å². The first kappa shape index (κ1) is 14.5. The van der Waals surface area contributed by atoms with Gasteiger partial charge < -0.3 is 4.74 Å². The Kier molecular flexibility index (Phi) is 4.82. The minimum atomic E-state index is -0.338. The van der Waals surface area contributed by atoms with Crippen molar-refractivity contribution in [1.29, 1.82) is 0 Å². The molecule has 90 valence electrons. The Bertz CT molecular complexity index is 217. The lowest BCUT2D eigenvalue weighted by atomic mass is 9.78. The molecule has 0 saturated heterocycles. The molecule has 0 aromatic carbocycles. The van der Waals surface area contributed by atoms with E-state index in [-0.39, 0.29) is 22.9 Å². The second kappa shape index (κ2) is 5.00. The fourth-order valence-electron chi connectivity index (χ4n) is 1.06. The molecule has 0 heterocycles. The van der Waals surface area contributed by atoms with E-state index in [1.807, 2.05) is 27.7 Å². The summed E-state index contributed by atoms with van der Waals surface area (Å²) in [5.74, 6) is -0.123. The van der Waals surface area contributed by atoms with Crippen molar-refractivity contribution in [1.82, 2.24) is 0 Å². The van der Waals surface area contributed by atoms with Crippen molar-refractivity contribution in [3.8, 4) is 0 Å². The second-order valence-electron chi connectivity index (χ2n) is 5.60. The van der Waals surface area contributed by atoms with Gasteiger partial charge in [0.05, 0.1) is 5.92 Å². The zero-order valence-electron chi connectivity index (χ0n) is 11.3. The number of rotatable bonds is 5. The minimum absolute atomic E-state index is 0.0148. The normalized spacial score (nSPS) is 14.9. The Morgan fingerprint density at radius 3 is 1.93 bits per heavy atom. The van der Waals surface area contributed by atoms with Crippen LogP contribution >= 0.6 is 0 Å². The van der Waals surface area contributed by atoms with Crippen LogP contribution < -0.4 is 0 Å². The number of hydrogen-bond acceptors (Lipinski definition) is 2. The molecule has 1 atom stereocenters. The van der Waals surface area contributed by atoms with Crippen LogP contribution in [-0.2, 0) is 9.53 Å². The fraction of sp³-hybridized carbons (Fsp3) is 0.923.